The number of aryl methyl sites for hydroxylation is 2. The van der Waals surface area contributed by atoms with Crippen LogP contribution in [-0.2, 0) is 9.09 Å². The van der Waals surface area contributed by atoms with Gasteiger partial charge in [-0.25, -0.2) is 0 Å². The summed E-state index contributed by atoms with van der Waals surface area (Å²) in [6.07, 6.45) is -0.320. The van der Waals surface area contributed by atoms with Gasteiger partial charge in [-0.1, -0.05) is 69.5 Å². The van der Waals surface area contributed by atoms with Gasteiger partial charge in [0.15, 0.2) is 0 Å². The second-order valence-electron chi connectivity index (χ2n) is 6.49. The van der Waals surface area contributed by atoms with Crippen LogP contribution in [0.2, 0.25) is 0 Å². The number of halogens is 1. The zero-order chi connectivity index (χ0) is 18.7. The fourth-order valence-corrected chi connectivity index (χ4v) is 5.63. The van der Waals surface area contributed by atoms with E-state index in [-0.39, 0.29) is 6.10 Å². The third kappa shape index (κ3) is 4.01. The van der Waals surface area contributed by atoms with Crippen molar-refractivity contribution < 1.29 is 9.09 Å². The Labute approximate surface area is 163 Å². The second kappa shape index (κ2) is 7.92. The van der Waals surface area contributed by atoms with E-state index in [1.54, 1.807) is 0 Å². The Hall–Kier alpha value is -1.67. The van der Waals surface area contributed by atoms with E-state index in [1.807, 2.05) is 93.6 Å². The van der Waals surface area contributed by atoms with Crippen molar-refractivity contribution in [3.05, 3.63) is 94.0 Å². The molecule has 3 rings (SSSR count). The summed E-state index contributed by atoms with van der Waals surface area (Å²) in [6, 6.07) is 23.4. The van der Waals surface area contributed by atoms with Crippen LogP contribution in [0, 0.1) is 13.8 Å². The molecule has 0 bridgehead atoms. The average Bonchev–Trinajstić information content (AvgIpc) is 2.63. The normalized spacial score (nSPS) is 12.8. The van der Waals surface area contributed by atoms with Crippen molar-refractivity contribution >= 4 is 33.9 Å². The third-order valence-electron chi connectivity index (χ3n) is 4.40. The fourth-order valence-electron chi connectivity index (χ4n) is 2.84. The summed E-state index contributed by atoms with van der Waals surface area (Å²) in [7, 11) is -3.23. The maximum absolute atomic E-state index is 14.1. The lowest BCUT2D eigenvalue weighted by molar-refractivity contribution is 0.238. The van der Waals surface area contributed by atoms with Crippen LogP contribution in [0.3, 0.4) is 0 Å². The Morgan fingerprint density at radius 1 is 0.808 bits per heavy atom. The first kappa shape index (κ1) is 19.1. The van der Waals surface area contributed by atoms with Gasteiger partial charge < -0.3 is 4.52 Å². The molecule has 0 saturated heterocycles. The van der Waals surface area contributed by atoms with Crippen LogP contribution in [0.5, 0.6) is 0 Å². The van der Waals surface area contributed by atoms with E-state index in [9.17, 15) is 4.57 Å². The monoisotopic (exact) mass is 428 g/mol. The minimum Gasteiger partial charge on any atom is -0.314 e. The summed E-state index contributed by atoms with van der Waals surface area (Å²) in [5.41, 5.74) is 3.23. The molecule has 0 fully saturated rings. The maximum atomic E-state index is 14.1. The van der Waals surface area contributed by atoms with Crippen molar-refractivity contribution in [1.29, 1.82) is 0 Å². The highest BCUT2D eigenvalue weighted by atomic mass is 79.9. The standard InChI is InChI=1S/C22H22BrO2P/c1-16-8-12-19(13-9-16)26(24,20-14-10-17(2)11-15-20)25-18(3)21-6-4-5-7-22(21)23/h4-15,18H,1-3H3. The van der Waals surface area contributed by atoms with Crippen molar-refractivity contribution in [3.63, 3.8) is 0 Å². The molecule has 0 aliphatic rings. The van der Waals surface area contributed by atoms with Crippen LogP contribution in [0.25, 0.3) is 0 Å². The molecule has 4 heteroatoms. The molecule has 0 amide bonds. The second-order valence-corrected chi connectivity index (χ2v) is 9.69. The van der Waals surface area contributed by atoms with E-state index in [1.165, 1.54) is 0 Å². The van der Waals surface area contributed by atoms with Crippen LogP contribution in [-0.4, -0.2) is 0 Å². The Balaban J connectivity index is 2.06. The average molecular weight is 429 g/mol. The van der Waals surface area contributed by atoms with Crippen LogP contribution >= 0.6 is 23.3 Å². The Morgan fingerprint density at radius 2 is 1.27 bits per heavy atom. The van der Waals surface area contributed by atoms with Gasteiger partial charge in [0.2, 0.25) is 0 Å². The van der Waals surface area contributed by atoms with Gasteiger partial charge in [-0.05, 0) is 56.7 Å². The van der Waals surface area contributed by atoms with Gasteiger partial charge in [-0.2, -0.15) is 0 Å². The highest BCUT2D eigenvalue weighted by Gasteiger charge is 2.31. The maximum Gasteiger partial charge on any atom is 0.261 e. The number of hydrogen-bond donors (Lipinski definition) is 0. The summed E-state index contributed by atoms with van der Waals surface area (Å²) >= 11 is 3.57. The number of benzene rings is 3. The van der Waals surface area contributed by atoms with E-state index in [0.717, 1.165) is 21.2 Å². The Bertz CT molecular complexity index is 884. The first-order valence-corrected chi connectivity index (χ1v) is 11.0. The molecule has 0 radical (unpaired) electrons. The third-order valence-corrected chi connectivity index (χ3v) is 7.69. The van der Waals surface area contributed by atoms with Gasteiger partial charge >= 0.3 is 0 Å². The van der Waals surface area contributed by atoms with Crippen LogP contribution in [0.15, 0.2) is 77.3 Å². The molecular weight excluding hydrogens is 407 g/mol. The highest BCUT2D eigenvalue weighted by molar-refractivity contribution is 9.10. The Kier molecular flexibility index (Phi) is 5.82. The van der Waals surface area contributed by atoms with Gasteiger partial charge in [0, 0.05) is 15.1 Å². The molecule has 0 aromatic heterocycles. The molecule has 0 N–H and O–H groups in total. The molecule has 3 aromatic carbocycles. The zero-order valence-corrected chi connectivity index (χ0v) is 17.6. The molecule has 0 aliphatic heterocycles. The highest BCUT2D eigenvalue weighted by Crippen LogP contribution is 2.49. The van der Waals surface area contributed by atoms with Crippen molar-refractivity contribution in [3.8, 4) is 0 Å². The first-order valence-electron chi connectivity index (χ1n) is 8.57. The van der Waals surface area contributed by atoms with Crippen LogP contribution in [0.1, 0.15) is 29.7 Å². The van der Waals surface area contributed by atoms with Gasteiger partial charge in [0.1, 0.15) is 0 Å². The molecular formula is C22H22BrO2P. The fraction of sp³-hybridized carbons (Fsp3) is 0.182. The van der Waals surface area contributed by atoms with E-state index in [4.69, 9.17) is 4.52 Å². The smallest absolute Gasteiger partial charge is 0.261 e. The van der Waals surface area contributed by atoms with E-state index < -0.39 is 7.37 Å². The minimum atomic E-state index is -3.23. The molecule has 0 saturated carbocycles. The molecule has 0 spiro atoms. The van der Waals surface area contributed by atoms with Gasteiger partial charge in [0.25, 0.3) is 7.37 Å². The number of rotatable bonds is 5. The molecule has 0 aliphatic carbocycles. The lowest BCUT2D eigenvalue weighted by Gasteiger charge is -2.24. The van der Waals surface area contributed by atoms with E-state index in [0.29, 0.717) is 10.6 Å². The lowest BCUT2D eigenvalue weighted by Crippen LogP contribution is -2.19. The van der Waals surface area contributed by atoms with Gasteiger partial charge in [0.05, 0.1) is 6.10 Å². The summed E-state index contributed by atoms with van der Waals surface area (Å²) in [6.45, 7) is 5.98. The quantitative estimate of drug-likeness (QED) is 0.460. The molecule has 3 aromatic rings. The van der Waals surface area contributed by atoms with Crippen LogP contribution < -0.4 is 10.6 Å². The molecule has 1 atom stereocenters. The topological polar surface area (TPSA) is 26.3 Å². The van der Waals surface area contributed by atoms with Crippen LogP contribution in [0.4, 0.5) is 0 Å². The van der Waals surface area contributed by atoms with Crippen molar-refractivity contribution in [2.24, 2.45) is 0 Å². The minimum absolute atomic E-state index is 0.320. The number of hydrogen-bond acceptors (Lipinski definition) is 2. The predicted molar refractivity (Wildman–Crippen MR) is 113 cm³/mol. The summed E-state index contributed by atoms with van der Waals surface area (Å²) in [5, 5.41) is 1.43. The lowest BCUT2D eigenvalue weighted by atomic mass is 10.1. The zero-order valence-electron chi connectivity index (χ0n) is 15.1. The molecule has 2 nitrogen and oxygen atoms in total. The SMILES string of the molecule is Cc1ccc(P(=O)(OC(C)c2ccccc2Br)c2ccc(C)cc2)cc1. The molecule has 1 unspecified atom stereocenters. The Morgan fingerprint density at radius 3 is 1.73 bits per heavy atom. The van der Waals surface area contributed by atoms with Crippen molar-refractivity contribution in [2.45, 2.75) is 26.9 Å². The van der Waals surface area contributed by atoms with Gasteiger partial charge in [-0.3, -0.25) is 4.57 Å². The van der Waals surface area contributed by atoms with E-state index in [2.05, 4.69) is 15.9 Å². The van der Waals surface area contributed by atoms with Crippen molar-refractivity contribution in [1.82, 2.24) is 0 Å². The molecule has 134 valence electrons. The molecule has 26 heavy (non-hydrogen) atoms. The summed E-state index contributed by atoms with van der Waals surface area (Å²) < 4.78 is 21.3. The molecule has 0 heterocycles. The van der Waals surface area contributed by atoms with Gasteiger partial charge in [-0.15, -0.1) is 0 Å². The van der Waals surface area contributed by atoms with Crippen molar-refractivity contribution in [2.75, 3.05) is 0 Å². The summed E-state index contributed by atoms with van der Waals surface area (Å²) in [5.74, 6) is 0. The first-order chi connectivity index (χ1) is 12.4. The van der Waals surface area contributed by atoms with E-state index >= 15 is 0 Å². The predicted octanol–water partition coefficient (Wildman–Crippen LogP) is 6.07. The summed E-state index contributed by atoms with van der Waals surface area (Å²) in [4.78, 5) is 0. The largest absolute Gasteiger partial charge is 0.314 e.